The third-order valence-electron chi connectivity index (χ3n) is 2.67. The first-order valence-corrected chi connectivity index (χ1v) is 6.19. The third-order valence-corrected chi connectivity index (χ3v) is 2.67. The van der Waals surface area contributed by atoms with Gasteiger partial charge in [0.25, 0.3) is 0 Å². The first-order valence-electron chi connectivity index (χ1n) is 6.19. The van der Waals surface area contributed by atoms with E-state index in [-0.39, 0.29) is 0 Å². The van der Waals surface area contributed by atoms with E-state index in [0.29, 0.717) is 18.4 Å². The molecule has 0 spiro atoms. The van der Waals surface area contributed by atoms with Crippen molar-refractivity contribution in [1.82, 2.24) is 0 Å². The first-order chi connectivity index (χ1) is 8.59. The normalized spacial score (nSPS) is 11.1. The van der Waals surface area contributed by atoms with Crippen LogP contribution in [-0.4, -0.2) is 11.1 Å². The number of rotatable bonds is 6. The number of allylic oxidation sites excluding steroid dienone is 3. The molecule has 0 atom stereocenters. The van der Waals surface area contributed by atoms with Crippen molar-refractivity contribution in [3.05, 3.63) is 59.2 Å². The van der Waals surface area contributed by atoms with E-state index in [1.165, 1.54) is 5.57 Å². The molecule has 0 heterocycles. The lowest BCUT2D eigenvalue weighted by Gasteiger charge is -2.01. The van der Waals surface area contributed by atoms with Crippen LogP contribution in [0.2, 0.25) is 0 Å². The Hall–Kier alpha value is -1.83. The van der Waals surface area contributed by atoms with Crippen molar-refractivity contribution >= 4 is 5.97 Å². The Morgan fingerprint density at radius 2 is 1.83 bits per heavy atom. The maximum atomic E-state index is 11.1. The topological polar surface area (TPSA) is 37.3 Å². The van der Waals surface area contributed by atoms with Gasteiger partial charge < -0.3 is 5.11 Å². The van der Waals surface area contributed by atoms with Crippen LogP contribution >= 0.6 is 0 Å². The number of hydrogen-bond donors (Lipinski definition) is 1. The molecule has 0 saturated heterocycles. The Kier molecular flexibility index (Phi) is 5.92. The fourth-order valence-corrected chi connectivity index (χ4v) is 1.67. The highest BCUT2D eigenvalue weighted by Gasteiger charge is 2.05. The molecule has 0 bridgehead atoms. The van der Waals surface area contributed by atoms with Gasteiger partial charge in [-0.25, -0.2) is 4.79 Å². The van der Waals surface area contributed by atoms with E-state index in [1.54, 1.807) is 0 Å². The molecule has 0 aliphatic carbocycles. The summed E-state index contributed by atoms with van der Waals surface area (Å²) >= 11 is 0. The molecule has 0 fully saturated rings. The van der Waals surface area contributed by atoms with Crippen LogP contribution in [0.25, 0.3) is 0 Å². The minimum atomic E-state index is -0.812. The lowest BCUT2D eigenvalue weighted by atomic mass is 10.1. The monoisotopic (exact) mass is 244 g/mol. The van der Waals surface area contributed by atoms with E-state index in [1.807, 2.05) is 50.3 Å². The Morgan fingerprint density at radius 1 is 1.17 bits per heavy atom. The van der Waals surface area contributed by atoms with Crippen molar-refractivity contribution in [1.29, 1.82) is 0 Å². The Labute approximate surface area is 109 Å². The molecular weight excluding hydrogens is 224 g/mol. The van der Waals surface area contributed by atoms with Gasteiger partial charge >= 0.3 is 5.97 Å². The van der Waals surface area contributed by atoms with Gasteiger partial charge in [0.2, 0.25) is 0 Å². The van der Waals surface area contributed by atoms with Crippen molar-refractivity contribution < 1.29 is 9.90 Å². The smallest absolute Gasteiger partial charge is 0.331 e. The van der Waals surface area contributed by atoms with Gasteiger partial charge in [-0.3, -0.25) is 0 Å². The highest BCUT2D eigenvalue weighted by molar-refractivity contribution is 5.86. The summed E-state index contributed by atoms with van der Waals surface area (Å²) in [5, 5.41) is 9.13. The number of benzene rings is 1. The molecule has 0 radical (unpaired) electrons. The largest absolute Gasteiger partial charge is 0.478 e. The minimum absolute atomic E-state index is 0.497. The highest BCUT2D eigenvalue weighted by Crippen LogP contribution is 2.10. The molecule has 0 aliphatic heterocycles. The highest BCUT2D eigenvalue weighted by atomic mass is 16.4. The Balaban J connectivity index is 2.62. The zero-order valence-corrected chi connectivity index (χ0v) is 11.0. The van der Waals surface area contributed by atoms with Crippen LogP contribution in [0.1, 0.15) is 32.3 Å². The SMILES string of the molecule is CC(C)=CCC/C(=C/Cc1ccccc1)C(=O)O. The van der Waals surface area contributed by atoms with Crippen molar-refractivity contribution in [2.24, 2.45) is 0 Å². The van der Waals surface area contributed by atoms with Gasteiger partial charge in [0.1, 0.15) is 0 Å². The molecule has 0 aliphatic rings. The summed E-state index contributed by atoms with van der Waals surface area (Å²) in [5.41, 5.74) is 2.86. The summed E-state index contributed by atoms with van der Waals surface area (Å²) in [6.07, 6.45) is 5.94. The number of carboxylic acid groups (broad SMARTS) is 1. The van der Waals surface area contributed by atoms with E-state index in [2.05, 4.69) is 6.08 Å². The van der Waals surface area contributed by atoms with E-state index < -0.39 is 5.97 Å². The predicted octanol–water partition coefficient (Wildman–Crippen LogP) is 3.99. The van der Waals surface area contributed by atoms with Crippen LogP contribution in [-0.2, 0) is 11.2 Å². The van der Waals surface area contributed by atoms with E-state index in [4.69, 9.17) is 5.11 Å². The van der Waals surface area contributed by atoms with Crippen LogP contribution in [0, 0.1) is 0 Å². The molecule has 0 saturated carbocycles. The minimum Gasteiger partial charge on any atom is -0.478 e. The van der Waals surface area contributed by atoms with E-state index >= 15 is 0 Å². The van der Waals surface area contributed by atoms with Crippen molar-refractivity contribution in [3.63, 3.8) is 0 Å². The molecule has 18 heavy (non-hydrogen) atoms. The molecule has 1 rings (SSSR count). The van der Waals surface area contributed by atoms with Gasteiger partial charge in [-0.2, -0.15) is 0 Å². The standard InChI is InChI=1S/C16H20O2/c1-13(2)7-6-10-15(16(17)18)12-11-14-8-4-3-5-9-14/h3-5,7-9,12H,6,10-11H2,1-2H3,(H,17,18)/b15-12-. The maximum Gasteiger partial charge on any atom is 0.331 e. The molecule has 0 amide bonds. The molecule has 1 aromatic carbocycles. The van der Waals surface area contributed by atoms with Gasteiger partial charge in [-0.15, -0.1) is 0 Å². The van der Waals surface area contributed by atoms with E-state index in [0.717, 1.165) is 12.0 Å². The molecule has 2 heteroatoms. The molecule has 2 nitrogen and oxygen atoms in total. The van der Waals surface area contributed by atoms with Gasteiger partial charge in [0, 0.05) is 5.57 Å². The second kappa shape index (κ2) is 7.49. The Morgan fingerprint density at radius 3 is 2.39 bits per heavy atom. The quantitative estimate of drug-likeness (QED) is 0.607. The maximum absolute atomic E-state index is 11.1. The van der Waals surface area contributed by atoms with Crippen molar-refractivity contribution in [3.8, 4) is 0 Å². The molecular formula is C16H20O2. The summed E-state index contributed by atoms with van der Waals surface area (Å²) in [5.74, 6) is -0.812. The summed E-state index contributed by atoms with van der Waals surface area (Å²) in [6.45, 7) is 4.04. The van der Waals surface area contributed by atoms with Crippen molar-refractivity contribution in [2.45, 2.75) is 33.1 Å². The number of carbonyl (C=O) groups is 1. The van der Waals surface area contributed by atoms with Crippen molar-refractivity contribution in [2.75, 3.05) is 0 Å². The zero-order chi connectivity index (χ0) is 13.4. The van der Waals surface area contributed by atoms with Gasteiger partial charge in [0.15, 0.2) is 0 Å². The molecule has 0 aromatic heterocycles. The van der Waals surface area contributed by atoms with Crippen LogP contribution in [0.5, 0.6) is 0 Å². The van der Waals surface area contributed by atoms with Gasteiger partial charge in [-0.1, -0.05) is 48.1 Å². The molecule has 0 unspecified atom stereocenters. The average molecular weight is 244 g/mol. The van der Waals surface area contributed by atoms with Gasteiger partial charge in [-0.05, 0) is 38.7 Å². The fraction of sp³-hybridized carbons (Fsp3) is 0.312. The van der Waals surface area contributed by atoms with Crippen LogP contribution in [0.15, 0.2) is 53.6 Å². The lowest BCUT2D eigenvalue weighted by molar-refractivity contribution is -0.132. The van der Waals surface area contributed by atoms with Gasteiger partial charge in [0.05, 0.1) is 0 Å². The summed E-state index contributed by atoms with van der Waals surface area (Å²) in [4.78, 5) is 11.1. The third kappa shape index (κ3) is 5.48. The zero-order valence-electron chi connectivity index (χ0n) is 11.0. The van der Waals surface area contributed by atoms with Crippen LogP contribution < -0.4 is 0 Å². The second-order valence-corrected chi connectivity index (χ2v) is 4.54. The number of carboxylic acids is 1. The predicted molar refractivity (Wildman–Crippen MR) is 74.5 cm³/mol. The lowest BCUT2D eigenvalue weighted by Crippen LogP contribution is -2.01. The first kappa shape index (κ1) is 14.2. The van der Waals surface area contributed by atoms with E-state index in [9.17, 15) is 4.79 Å². The fourth-order valence-electron chi connectivity index (χ4n) is 1.67. The molecule has 1 N–H and O–H groups in total. The van der Waals surface area contributed by atoms with Crippen LogP contribution in [0.4, 0.5) is 0 Å². The Bertz CT molecular complexity index is 437. The summed E-state index contributed by atoms with van der Waals surface area (Å²) < 4.78 is 0. The van der Waals surface area contributed by atoms with Crippen LogP contribution in [0.3, 0.4) is 0 Å². The number of aliphatic carboxylic acids is 1. The number of hydrogen-bond acceptors (Lipinski definition) is 1. The summed E-state index contributed by atoms with van der Waals surface area (Å²) in [6, 6.07) is 9.90. The molecule has 96 valence electrons. The summed E-state index contributed by atoms with van der Waals surface area (Å²) in [7, 11) is 0. The average Bonchev–Trinajstić information content (AvgIpc) is 2.34. The molecule has 1 aromatic rings. The second-order valence-electron chi connectivity index (χ2n) is 4.54.